The van der Waals surface area contributed by atoms with Crippen molar-refractivity contribution in [2.45, 2.75) is 20.8 Å². The minimum Gasteiger partial charge on any atom is -0.497 e. The molecule has 0 heterocycles. The number of nitriles is 1. The first kappa shape index (κ1) is 15.7. The molecule has 0 unspecified atom stereocenters. The molecule has 104 valence electrons. The number of methoxy groups -OCH3 is 1. The van der Waals surface area contributed by atoms with Crippen LogP contribution in [0.2, 0.25) is 0 Å². The fraction of sp³-hybridized carbons (Fsp3) is 0.294. The number of ether oxygens (including phenoxy) is 1. The molecule has 0 aromatic heterocycles. The van der Waals surface area contributed by atoms with E-state index in [0.29, 0.717) is 0 Å². The van der Waals surface area contributed by atoms with Crippen LogP contribution in [-0.2, 0) is 4.79 Å². The lowest BCUT2D eigenvalue weighted by Crippen LogP contribution is -2.21. The Morgan fingerprint density at radius 2 is 1.85 bits per heavy atom. The van der Waals surface area contributed by atoms with Gasteiger partial charge in [-0.05, 0) is 23.8 Å². The third kappa shape index (κ3) is 4.40. The van der Waals surface area contributed by atoms with E-state index in [9.17, 15) is 4.79 Å². The number of ketones is 1. The number of allylic oxidation sites excluding steroid dienone is 3. The van der Waals surface area contributed by atoms with Gasteiger partial charge in [-0.3, -0.25) is 4.79 Å². The van der Waals surface area contributed by atoms with E-state index in [-0.39, 0.29) is 11.4 Å². The molecule has 1 rings (SSSR count). The lowest BCUT2D eigenvalue weighted by atomic mass is 9.86. The number of carbonyl (C=O) groups is 1. The van der Waals surface area contributed by atoms with Crippen molar-refractivity contribution in [3.63, 3.8) is 0 Å². The van der Waals surface area contributed by atoms with Gasteiger partial charge in [0.25, 0.3) is 0 Å². The van der Waals surface area contributed by atoms with E-state index in [1.807, 2.05) is 36.4 Å². The maximum Gasteiger partial charge on any atom is 0.178 e. The average molecular weight is 269 g/mol. The van der Waals surface area contributed by atoms with Crippen molar-refractivity contribution in [2.24, 2.45) is 5.41 Å². The summed E-state index contributed by atoms with van der Waals surface area (Å²) < 4.78 is 5.07. The summed E-state index contributed by atoms with van der Waals surface area (Å²) in [6.07, 6.45) is 5.11. The molecule has 0 atom stereocenters. The highest BCUT2D eigenvalue weighted by atomic mass is 16.5. The molecule has 0 bridgehead atoms. The second-order valence-corrected chi connectivity index (χ2v) is 5.40. The summed E-state index contributed by atoms with van der Waals surface area (Å²) in [5, 5.41) is 9.04. The van der Waals surface area contributed by atoms with Crippen LogP contribution in [0, 0.1) is 16.7 Å². The van der Waals surface area contributed by atoms with Gasteiger partial charge in [-0.25, -0.2) is 0 Å². The van der Waals surface area contributed by atoms with Crippen molar-refractivity contribution in [3.8, 4) is 11.8 Å². The molecule has 1 aromatic rings. The third-order valence-electron chi connectivity index (χ3n) is 2.71. The first-order valence-corrected chi connectivity index (χ1v) is 6.36. The van der Waals surface area contributed by atoms with E-state index < -0.39 is 5.41 Å². The van der Waals surface area contributed by atoms with E-state index in [1.165, 1.54) is 0 Å². The number of hydrogen-bond acceptors (Lipinski definition) is 3. The second-order valence-electron chi connectivity index (χ2n) is 5.40. The van der Waals surface area contributed by atoms with Crippen molar-refractivity contribution < 1.29 is 9.53 Å². The van der Waals surface area contributed by atoms with E-state index in [2.05, 4.69) is 0 Å². The lowest BCUT2D eigenvalue weighted by Gasteiger charge is -2.14. The van der Waals surface area contributed by atoms with Gasteiger partial charge in [0.1, 0.15) is 11.8 Å². The number of benzene rings is 1. The van der Waals surface area contributed by atoms with Crippen LogP contribution in [0.4, 0.5) is 0 Å². The van der Waals surface area contributed by atoms with Crippen molar-refractivity contribution in [1.29, 1.82) is 5.26 Å². The van der Waals surface area contributed by atoms with Crippen LogP contribution in [0.1, 0.15) is 26.3 Å². The van der Waals surface area contributed by atoms with Crippen LogP contribution in [0.15, 0.2) is 42.0 Å². The number of nitrogens with zero attached hydrogens (tertiary/aromatic N) is 1. The Labute approximate surface area is 120 Å². The molecule has 20 heavy (non-hydrogen) atoms. The molecule has 0 N–H and O–H groups in total. The second kappa shape index (κ2) is 6.72. The summed E-state index contributed by atoms with van der Waals surface area (Å²) in [7, 11) is 1.62. The molecule has 3 heteroatoms. The van der Waals surface area contributed by atoms with Crippen LogP contribution >= 0.6 is 0 Å². The van der Waals surface area contributed by atoms with Gasteiger partial charge >= 0.3 is 0 Å². The molecule has 3 nitrogen and oxygen atoms in total. The molecule has 0 radical (unpaired) electrons. The summed E-state index contributed by atoms with van der Waals surface area (Å²) in [5.41, 5.74) is 0.597. The SMILES string of the molecule is COc1ccc(/C=C/C=C(\C#N)C(=O)C(C)(C)C)cc1. The Hall–Kier alpha value is -2.34. The number of hydrogen-bond donors (Lipinski definition) is 0. The molecule has 0 aliphatic carbocycles. The summed E-state index contributed by atoms with van der Waals surface area (Å²) in [6, 6.07) is 9.47. The van der Waals surface area contributed by atoms with E-state index in [0.717, 1.165) is 11.3 Å². The minimum atomic E-state index is -0.546. The summed E-state index contributed by atoms with van der Waals surface area (Å²) in [6.45, 7) is 5.40. The van der Waals surface area contributed by atoms with Crippen LogP contribution < -0.4 is 4.74 Å². The van der Waals surface area contributed by atoms with Gasteiger partial charge in [-0.1, -0.05) is 45.1 Å². The standard InChI is InChI=1S/C17H19NO2/c1-17(2,3)16(19)14(12-18)7-5-6-13-8-10-15(20-4)11-9-13/h5-11H,1-4H3/b6-5+,14-7+. The fourth-order valence-corrected chi connectivity index (χ4v) is 1.54. The van der Waals surface area contributed by atoms with Gasteiger partial charge in [0.05, 0.1) is 12.7 Å². The van der Waals surface area contributed by atoms with Gasteiger partial charge in [-0.2, -0.15) is 5.26 Å². The zero-order chi connectivity index (χ0) is 15.2. The summed E-state index contributed by atoms with van der Waals surface area (Å²) in [4.78, 5) is 12.0. The summed E-state index contributed by atoms with van der Waals surface area (Å²) >= 11 is 0. The van der Waals surface area contributed by atoms with E-state index >= 15 is 0 Å². The fourth-order valence-electron chi connectivity index (χ4n) is 1.54. The van der Waals surface area contributed by atoms with Crippen LogP contribution in [0.5, 0.6) is 5.75 Å². The van der Waals surface area contributed by atoms with Gasteiger partial charge < -0.3 is 4.74 Å². The van der Waals surface area contributed by atoms with Gasteiger partial charge in [0.2, 0.25) is 0 Å². The highest BCUT2D eigenvalue weighted by Crippen LogP contribution is 2.19. The predicted molar refractivity (Wildman–Crippen MR) is 80.2 cm³/mol. The molecule has 0 saturated carbocycles. The topological polar surface area (TPSA) is 50.1 Å². The van der Waals surface area contributed by atoms with Gasteiger partial charge in [0, 0.05) is 5.41 Å². The number of rotatable bonds is 4. The smallest absolute Gasteiger partial charge is 0.178 e. The Morgan fingerprint density at radius 1 is 1.25 bits per heavy atom. The molecule has 0 saturated heterocycles. The maximum atomic E-state index is 12.0. The van der Waals surface area contributed by atoms with Crippen molar-refractivity contribution >= 4 is 11.9 Å². The molecular formula is C17H19NO2. The van der Waals surface area contributed by atoms with Crippen molar-refractivity contribution in [1.82, 2.24) is 0 Å². The zero-order valence-corrected chi connectivity index (χ0v) is 12.3. The Bertz CT molecular complexity index is 566. The third-order valence-corrected chi connectivity index (χ3v) is 2.71. The molecule has 1 aromatic carbocycles. The first-order valence-electron chi connectivity index (χ1n) is 6.36. The zero-order valence-electron chi connectivity index (χ0n) is 12.3. The van der Waals surface area contributed by atoms with E-state index in [1.54, 1.807) is 40.0 Å². The largest absolute Gasteiger partial charge is 0.497 e. The highest BCUT2D eigenvalue weighted by Gasteiger charge is 2.24. The van der Waals surface area contributed by atoms with Crippen LogP contribution in [0.25, 0.3) is 6.08 Å². The van der Waals surface area contributed by atoms with Gasteiger partial charge in [0.15, 0.2) is 5.78 Å². The van der Waals surface area contributed by atoms with Crippen molar-refractivity contribution in [2.75, 3.05) is 7.11 Å². The van der Waals surface area contributed by atoms with Gasteiger partial charge in [-0.15, -0.1) is 0 Å². The highest BCUT2D eigenvalue weighted by molar-refractivity contribution is 6.02. The number of Topliss-reactive ketones (excluding diaryl/α,β-unsaturated/α-hetero) is 1. The number of carbonyl (C=O) groups excluding carboxylic acids is 1. The monoisotopic (exact) mass is 269 g/mol. The average Bonchev–Trinajstić information content (AvgIpc) is 2.42. The molecule has 0 aliphatic rings. The molecule has 0 amide bonds. The van der Waals surface area contributed by atoms with E-state index in [4.69, 9.17) is 10.00 Å². The quantitative estimate of drug-likeness (QED) is 0.475. The van der Waals surface area contributed by atoms with Crippen molar-refractivity contribution in [3.05, 3.63) is 47.6 Å². The molecule has 0 aliphatic heterocycles. The predicted octanol–water partition coefficient (Wildman–Crippen LogP) is 3.77. The maximum absolute atomic E-state index is 12.0. The van der Waals surface area contributed by atoms with Crippen LogP contribution in [0.3, 0.4) is 0 Å². The summed E-state index contributed by atoms with van der Waals surface area (Å²) in [5.74, 6) is 0.637. The Morgan fingerprint density at radius 3 is 2.30 bits per heavy atom. The molecular weight excluding hydrogens is 250 g/mol. The lowest BCUT2D eigenvalue weighted by molar-refractivity contribution is -0.122. The Balaban J connectivity index is 2.85. The molecule has 0 fully saturated rings. The molecule has 0 spiro atoms. The first-order chi connectivity index (χ1) is 9.38. The van der Waals surface area contributed by atoms with Crippen LogP contribution in [-0.4, -0.2) is 12.9 Å². The normalized spacial score (nSPS) is 12.2. The Kier molecular flexibility index (Phi) is 5.28. The minimum absolute atomic E-state index is 0.153.